The average Bonchev–Trinajstić information content (AvgIpc) is 2.44. The summed E-state index contributed by atoms with van der Waals surface area (Å²) in [6, 6.07) is 1.18. The molecule has 0 radical (unpaired) electrons. The number of carbonyl (C=O) groups excluding carboxylic acids is 2. The number of rotatable bonds is 6. The number of nitrogens with one attached hydrogen (secondary N) is 2. The zero-order chi connectivity index (χ0) is 16.0. The Labute approximate surface area is 124 Å². The molecule has 0 unspecified atom stereocenters. The summed E-state index contributed by atoms with van der Waals surface area (Å²) in [5.74, 6) is -0.638. The first kappa shape index (κ1) is 16.9. The molecular weight excluding hydrogens is 270 g/mol. The van der Waals surface area contributed by atoms with Gasteiger partial charge in [-0.1, -0.05) is 13.8 Å². The highest BCUT2D eigenvalue weighted by atomic mass is 16.2. The second kappa shape index (κ2) is 7.58. The Balaban J connectivity index is 2.57. The van der Waals surface area contributed by atoms with Gasteiger partial charge in [0.05, 0.1) is 30.2 Å². The third-order valence-electron chi connectivity index (χ3n) is 3.00. The topological polar surface area (TPSA) is 100 Å². The van der Waals surface area contributed by atoms with Gasteiger partial charge in [0.1, 0.15) is 0 Å². The molecule has 0 aliphatic rings. The normalized spacial score (nSPS) is 11.9. The largest absolute Gasteiger partial charge is 0.376 e. The minimum Gasteiger partial charge on any atom is -0.376 e. The summed E-state index contributed by atoms with van der Waals surface area (Å²) in [4.78, 5) is 29.4. The summed E-state index contributed by atoms with van der Waals surface area (Å²) >= 11 is 0. The Morgan fingerprint density at radius 3 is 2.62 bits per heavy atom. The van der Waals surface area contributed by atoms with E-state index in [0.29, 0.717) is 5.69 Å². The van der Waals surface area contributed by atoms with Gasteiger partial charge in [-0.3, -0.25) is 14.6 Å². The second-order valence-corrected chi connectivity index (χ2v) is 5.32. The number of nitrogens with zero attached hydrogens (tertiary/aromatic N) is 2. The van der Waals surface area contributed by atoms with E-state index < -0.39 is 6.04 Å². The first-order chi connectivity index (χ1) is 9.82. The van der Waals surface area contributed by atoms with Gasteiger partial charge in [-0.2, -0.15) is 0 Å². The number of aromatic nitrogens is 1. The van der Waals surface area contributed by atoms with E-state index in [-0.39, 0.29) is 24.3 Å². The lowest BCUT2D eigenvalue weighted by Crippen LogP contribution is -2.46. The van der Waals surface area contributed by atoms with E-state index in [0.717, 1.165) is 5.69 Å². The molecule has 0 saturated heterocycles. The molecule has 21 heavy (non-hydrogen) atoms. The lowest BCUT2D eigenvalue weighted by molar-refractivity contribution is -0.125. The zero-order valence-electron chi connectivity index (χ0n) is 12.9. The first-order valence-corrected chi connectivity index (χ1v) is 6.77. The smallest absolute Gasteiger partial charge is 0.243 e. The van der Waals surface area contributed by atoms with E-state index in [2.05, 4.69) is 15.6 Å². The molecule has 0 aliphatic carbocycles. The third-order valence-corrected chi connectivity index (χ3v) is 3.00. The van der Waals surface area contributed by atoms with Crippen LogP contribution in [0.5, 0.6) is 0 Å². The maximum atomic E-state index is 11.9. The summed E-state index contributed by atoms with van der Waals surface area (Å²) in [7, 11) is 3.74. The van der Waals surface area contributed by atoms with Gasteiger partial charge in [0.15, 0.2) is 0 Å². The maximum absolute atomic E-state index is 11.9. The van der Waals surface area contributed by atoms with Gasteiger partial charge in [0, 0.05) is 20.3 Å². The molecule has 1 aromatic heterocycles. The van der Waals surface area contributed by atoms with E-state index >= 15 is 0 Å². The molecule has 7 heteroatoms. The van der Waals surface area contributed by atoms with Crippen molar-refractivity contribution in [2.75, 3.05) is 30.9 Å². The summed E-state index contributed by atoms with van der Waals surface area (Å²) < 4.78 is 0. The number of amides is 2. The maximum Gasteiger partial charge on any atom is 0.243 e. The molecule has 0 aromatic carbocycles. The third kappa shape index (κ3) is 5.03. The van der Waals surface area contributed by atoms with Gasteiger partial charge < -0.3 is 21.3 Å². The van der Waals surface area contributed by atoms with Gasteiger partial charge in [0.25, 0.3) is 0 Å². The molecule has 1 heterocycles. The molecule has 0 aliphatic heterocycles. The standard InChI is InChI=1S/C14H23N5O2/c1-9(2)13(15)14(21)17-8-12(20)18-10-7-16-6-5-11(10)19(3)4/h5-7,9,13H,8,15H2,1-4H3,(H,17,21)(H,18,20)/t13-/m0/s1. The highest BCUT2D eigenvalue weighted by Gasteiger charge is 2.18. The van der Waals surface area contributed by atoms with Crippen LogP contribution in [0, 0.1) is 5.92 Å². The highest BCUT2D eigenvalue weighted by molar-refractivity contribution is 5.97. The van der Waals surface area contributed by atoms with Crippen molar-refractivity contribution in [3.63, 3.8) is 0 Å². The lowest BCUT2D eigenvalue weighted by atomic mass is 10.1. The Bertz CT molecular complexity index is 502. The lowest BCUT2D eigenvalue weighted by Gasteiger charge is -2.18. The SMILES string of the molecule is CC(C)[C@H](N)C(=O)NCC(=O)Nc1cnccc1N(C)C. The monoisotopic (exact) mass is 293 g/mol. The van der Waals surface area contributed by atoms with Crippen LogP contribution in [0.15, 0.2) is 18.5 Å². The number of hydrogen-bond acceptors (Lipinski definition) is 5. The first-order valence-electron chi connectivity index (χ1n) is 6.77. The van der Waals surface area contributed by atoms with E-state index in [1.165, 1.54) is 0 Å². The molecule has 4 N–H and O–H groups in total. The van der Waals surface area contributed by atoms with Crippen molar-refractivity contribution < 1.29 is 9.59 Å². The van der Waals surface area contributed by atoms with Gasteiger partial charge in [0.2, 0.25) is 11.8 Å². The van der Waals surface area contributed by atoms with Crippen molar-refractivity contribution in [3.8, 4) is 0 Å². The fourth-order valence-corrected chi connectivity index (χ4v) is 1.66. The predicted molar refractivity (Wildman–Crippen MR) is 83.0 cm³/mol. The molecular formula is C14H23N5O2. The molecule has 116 valence electrons. The molecule has 7 nitrogen and oxygen atoms in total. The number of hydrogen-bond donors (Lipinski definition) is 3. The molecule has 1 atom stereocenters. The van der Waals surface area contributed by atoms with Crippen LogP contribution < -0.4 is 21.3 Å². The van der Waals surface area contributed by atoms with Gasteiger partial charge in [-0.15, -0.1) is 0 Å². The molecule has 0 spiro atoms. The molecule has 0 fully saturated rings. The van der Waals surface area contributed by atoms with Crippen LogP contribution in [0.3, 0.4) is 0 Å². The minimum atomic E-state index is -0.617. The van der Waals surface area contributed by atoms with Crippen molar-refractivity contribution in [2.24, 2.45) is 11.7 Å². The molecule has 1 aromatic rings. The summed E-state index contributed by atoms with van der Waals surface area (Å²) in [5.41, 5.74) is 7.13. The fourth-order valence-electron chi connectivity index (χ4n) is 1.66. The van der Waals surface area contributed by atoms with Gasteiger partial charge >= 0.3 is 0 Å². The van der Waals surface area contributed by atoms with E-state index in [9.17, 15) is 9.59 Å². The summed E-state index contributed by atoms with van der Waals surface area (Å²) in [6.45, 7) is 3.58. The van der Waals surface area contributed by atoms with Crippen molar-refractivity contribution in [3.05, 3.63) is 18.5 Å². The van der Waals surface area contributed by atoms with E-state index in [4.69, 9.17) is 5.73 Å². The Kier molecular flexibility index (Phi) is 6.10. The van der Waals surface area contributed by atoms with Crippen molar-refractivity contribution in [2.45, 2.75) is 19.9 Å². The number of nitrogens with two attached hydrogens (primary N) is 1. The zero-order valence-corrected chi connectivity index (χ0v) is 12.9. The van der Waals surface area contributed by atoms with Crippen LogP contribution >= 0.6 is 0 Å². The van der Waals surface area contributed by atoms with Crippen molar-refractivity contribution >= 4 is 23.2 Å². The predicted octanol–water partition coefficient (Wildman–Crippen LogP) is 0.186. The summed E-state index contributed by atoms with van der Waals surface area (Å²) in [6.07, 6.45) is 3.21. The van der Waals surface area contributed by atoms with Crippen molar-refractivity contribution in [1.82, 2.24) is 10.3 Å². The van der Waals surface area contributed by atoms with Crippen LogP contribution in [-0.4, -0.2) is 43.5 Å². The fraction of sp³-hybridized carbons (Fsp3) is 0.500. The number of anilines is 2. The van der Waals surface area contributed by atoms with Gasteiger partial charge in [-0.05, 0) is 12.0 Å². The highest BCUT2D eigenvalue weighted by Crippen LogP contribution is 2.21. The Morgan fingerprint density at radius 1 is 1.38 bits per heavy atom. The Hall–Kier alpha value is -2.15. The number of carbonyl (C=O) groups is 2. The van der Waals surface area contributed by atoms with Crippen LogP contribution in [0.1, 0.15) is 13.8 Å². The molecule has 2 amide bonds. The van der Waals surface area contributed by atoms with Crippen LogP contribution in [-0.2, 0) is 9.59 Å². The molecule has 0 bridgehead atoms. The van der Waals surface area contributed by atoms with Crippen LogP contribution in [0.4, 0.5) is 11.4 Å². The van der Waals surface area contributed by atoms with E-state index in [1.54, 1.807) is 18.5 Å². The average molecular weight is 293 g/mol. The minimum absolute atomic E-state index is 0.0201. The Morgan fingerprint density at radius 2 is 2.05 bits per heavy atom. The van der Waals surface area contributed by atoms with Crippen LogP contribution in [0.25, 0.3) is 0 Å². The van der Waals surface area contributed by atoms with Gasteiger partial charge in [-0.25, -0.2) is 0 Å². The quantitative estimate of drug-likeness (QED) is 0.695. The number of pyridine rings is 1. The molecule has 1 rings (SSSR count). The van der Waals surface area contributed by atoms with Crippen LogP contribution in [0.2, 0.25) is 0 Å². The summed E-state index contributed by atoms with van der Waals surface area (Å²) in [5, 5.41) is 5.24. The second-order valence-electron chi connectivity index (χ2n) is 5.32. The van der Waals surface area contributed by atoms with Crippen molar-refractivity contribution in [1.29, 1.82) is 0 Å². The van der Waals surface area contributed by atoms with E-state index in [1.807, 2.05) is 32.8 Å². The molecule has 0 saturated carbocycles.